The highest BCUT2D eigenvalue weighted by molar-refractivity contribution is 5.98. The Bertz CT molecular complexity index is 492. The zero-order chi connectivity index (χ0) is 12.6. The van der Waals surface area contributed by atoms with Crippen molar-refractivity contribution < 1.29 is 14.1 Å². The quantitative estimate of drug-likeness (QED) is 0.594. The van der Waals surface area contributed by atoms with Gasteiger partial charge < -0.3 is 11.1 Å². The third kappa shape index (κ3) is 2.39. The molecule has 17 heavy (non-hydrogen) atoms. The van der Waals surface area contributed by atoms with E-state index in [0.717, 1.165) is 18.2 Å². The maximum absolute atomic E-state index is 12.9. The molecule has 1 amide bonds. The second kappa shape index (κ2) is 4.10. The predicted octanol–water partition coefficient (Wildman–Crippen LogP) is 0.563. The molecule has 0 aliphatic heterocycles. The minimum atomic E-state index is -0.787. The zero-order valence-corrected chi connectivity index (χ0v) is 8.72. The van der Waals surface area contributed by atoms with Gasteiger partial charge in [0, 0.05) is 12.1 Å². The Hall–Kier alpha value is -2.02. The van der Waals surface area contributed by atoms with Crippen LogP contribution in [0.15, 0.2) is 18.2 Å². The molecule has 2 rings (SSSR count). The van der Waals surface area contributed by atoms with E-state index in [4.69, 9.17) is 5.73 Å². The molecule has 90 valence electrons. The number of nitro groups is 1. The van der Waals surface area contributed by atoms with Gasteiger partial charge in [-0.25, -0.2) is 4.39 Å². The van der Waals surface area contributed by atoms with E-state index in [9.17, 15) is 19.3 Å². The number of rotatable bonds is 3. The molecule has 3 N–H and O–H groups in total. The smallest absolute Gasteiger partial charge is 0.285 e. The summed E-state index contributed by atoms with van der Waals surface area (Å²) in [5.74, 6) is -1.36. The van der Waals surface area contributed by atoms with Crippen molar-refractivity contribution in [1.82, 2.24) is 5.32 Å². The highest BCUT2D eigenvalue weighted by atomic mass is 19.1. The van der Waals surface area contributed by atoms with Crippen LogP contribution in [0.25, 0.3) is 0 Å². The lowest BCUT2D eigenvalue weighted by Gasteiger charge is -2.04. The van der Waals surface area contributed by atoms with E-state index in [0.29, 0.717) is 6.42 Å². The number of amides is 1. The lowest BCUT2D eigenvalue weighted by molar-refractivity contribution is -0.385. The lowest BCUT2D eigenvalue weighted by atomic mass is 10.1. The van der Waals surface area contributed by atoms with Gasteiger partial charge in [-0.2, -0.15) is 0 Å². The summed E-state index contributed by atoms with van der Waals surface area (Å²) >= 11 is 0. The van der Waals surface area contributed by atoms with E-state index in [1.165, 1.54) is 0 Å². The minimum absolute atomic E-state index is 0.0987. The SMILES string of the molecule is NC1CC1NC(=O)c1ccc(F)cc1[N+](=O)[O-]. The van der Waals surface area contributed by atoms with Crippen molar-refractivity contribution in [3.63, 3.8) is 0 Å². The van der Waals surface area contributed by atoms with E-state index in [2.05, 4.69) is 5.32 Å². The normalized spacial score (nSPS) is 22.0. The number of nitrogens with one attached hydrogen (secondary N) is 1. The number of carbonyl (C=O) groups is 1. The molecule has 1 aliphatic carbocycles. The molecular formula is C10H10FN3O3. The van der Waals surface area contributed by atoms with Crippen molar-refractivity contribution >= 4 is 11.6 Å². The molecule has 1 saturated carbocycles. The van der Waals surface area contributed by atoms with Gasteiger partial charge in [0.15, 0.2) is 0 Å². The number of hydrogen-bond donors (Lipinski definition) is 2. The first-order chi connectivity index (χ1) is 7.99. The first-order valence-corrected chi connectivity index (χ1v) is 4.99. The summed E-state index contributed by atoms with van der Waals surface area (Å²) in [6, 6.07) is 2.58. The van der Waals surface area contributed by atoms with Crippen LogP contribution in [0.4, 0.5) is 10.1 Å². The molecule has 1 aromatic rings. The maximum atomic E-state index is 12.9. The van der Waals surface area contributed by atoms with Crippen LogP contribution in [0.3, 0.4) is 0 Å². The van der Waals surface area contributed by atoms with Gasteiger partial charge in [0.25, 0.3) is 11.6 Å². The third-order valence-electron chi connectivity index (χ3n) is 2.56. The Labute approximate surface area is 95.8 Å². The largest absolute Gasteiger partial charge is 0.347 e. The van der Waals surface area contributed by atoms with Crippen LogP contribution in [0, 0.1) is 15.9 Å². The van der Waals surface area contributed by atoms with Crippen LogP contribution < -0.4 is 11.1 Å². The summed E-state index contributed by atoms with van der Waals surface area (Å²) in [6.07, 6.45) is 0.654. The molecular weight excluding hydrogens is 229 g/mol. The van der Waals surface area contributed by atoms with Crippen molar-refractivity contribution in [3.05, 3.63) is 39.7 Å². The lowest BCUT2D eigenvalue weighted by Crippen LogP contribution is -2.30. The predicted molar refractivity (Wildman–Crippen MR) is 56.9 cm³/mol. The fourth-order valence-corrected chi connectivity index (χ4v) is 1.47. The molecule has 1 fully saturated rings. The molecule has 2 atom stereocenters. The van der Waals surface area contributed by atoms with Gasteiger partial charge in [-0.05, 0) is 18.6 Å². The highest BCUT2D eigenvalue weighted by Gasteiger charge is 2.36. The molecule has 1 aromatic carbocycles. The number of carbonyl (C=O) groups excluding carboxylic acids is 1. The van der Waals surface area contributed by atoms with Gasteiger partial charge in [-0.15, -0.1) is 0 Å². The first-order valence-electron chi connectivity index (χ1n) is 4.99. The highest BCUT2D eigenvalue weighted by Crippen LogP contribution is 2.22. The van der Waals surface area contributed by atoms with Gasteiger partial charge in [0.05, 0.1) is 11.0 Å². The summed E-state index contributed by atoms with van der Waals surface area (Å²) in [4.78, 5) is 21.6. The Morgan fingerprint density at radius 3 is 2.76 bits per heavy atom. The fraction of sp³-hybridized carbons (Fsp3) is 0.300. The Kier molecular flexibility index (Phi) is 2.76. The van der Waals surface area contributed by atoms with Crippen molar-refractivity contribution in [3.8, 4) is 0 Å². The summed E-state index contributed by atoms with van der Waals surface area (Å²) in [5.41, 5.74) is 4.80. The van der Waals surface area contributed by atoms with Crippen LogP contribution in [0.5, 0.6) is 0 Å². The second-order valence-electron chi connectivity index (χ2n) is 3.90. The summed E-state index contributed by atoms with van der Waals surface area (Å²) < 4.78 is 12.9. The van der Waals surface area contributed by atoms with Crippen molar-refractivity contribution in [1.29, 1.82) is 0 Å². The molecule has 1 aliphatic rings. The minimum Gasteiger partial charge on any atom is -0.347 e. The van der Waals surface area contributed by atoms with Crippen LogP contribution in [0.2, 0.25) is 0 Å². The molecule has 0 bridgehead atoms. The molecule has 0 radical (unpaired) electrons. The fourth-order valence-electron chi connectivity index (χ4n) is 1.47. The number of benzene rings is 1. The average molecular weight is 239 g/mol. The van der Waals surface area contributed by atoms with E-state index in [1.54, 1.807) is 0 Å². The van der Waals surface area contributed by atoms with Gasteiger partial charge in [-0.1, -0.05) is 0 Å². The van der Waals surface area contributed by atoms with Crippen molar-refractivity contribution in [2.45, 2.75) is 18.5 Å². The Balaban J connectivity index is 2.24. The van der Waals surface area contributed by atoms with Gasteiger partial charge in [-0.3, -0.25) is 14.9 Å². The molecule has 6 nitrogen and oxygen atoms in total. The van der Waals surface area contributed by atoms with E-state index < -0.39 is 22.3 Å². The number of nitrogens with zero attached hydrogens (tertiary/aromatic N) is 1. The molecule has 7 heteroatoms. The van der Waals surface area contributed by atoms with Crippen LogP contribution in [0.1, 0.15) is 16.8 Å². The Morgan fingerprint density at radius 2 is 2.24 bits per heavy atom. The average Bonchev–Trinajstić information content (AvgIpc) is 2.93. The molecule has 0 saturated heterocycles. The van der Waals surface area contributed by atoms with Crippen molar-refractivity contribution in [2.24, 2.45) is 5.73 Å². The summed E-state index contributed by atoms with van der Waals surface area (Å²) in [7, 11) is 0. The topological polar surface area (TPSA) is 98.3 Å². The van der Waals surface area contributed by atoms with E-state index in [1.807, 2.05) is 0 Å². The molecule has 0 heterocycles. The summed E-state index contributed by atoms with van der Waals surface area (Å²) in [5, 5.41) is 13.2. The number of hydrogen-bond acceptors (Lipinski definition) is 4. The molecule has 2 unspecified atom stereocenters. The van der Waals surface area contributed by atoms with Crippen molar-refractivity contribution in [2.75, 3.05) is 0 Å². The number of nitro benzene ring substituents is 1. The summed E-state index contributed by atoms with van der Waals surface area (Å²) in [6.45, 7) is 0. The third-order valence-corrected chi connectivity index (χ3v) is 2.56. The number of nitrogens with two attached hydrogens (primary N) is 1. The standard InChI is InChI=1S/C10H10FN3O3/c11-5-1-2-6(9(3-5)14(16)17)10(15)13-8-4-7(8)12/h1-3,7-8H,4,12H2,(H,13,15). The van der Waals surface area contributed by atoms with Crippen LogP contribution >= 0.6 is 0 Å². The van der Waals surface area contributed by atoms with Gasteiger partial charge in [0.1, 0.15) is 11.4 Å². The van der Waals surface area contributed by atoms with E-state index >= 15 is 0 Å². The second-order valence-corrected chi connectivity index (χ2v) is 3.90. The van der Waals surface area contributed by atoms with Crippen LogP contribution in [-0.2, 0) is 0 Å². The molecule has 0 aromatic heterocycles. The number of halogens is 1. The van der Waals surface area contributed by atoms with Gasteiger partial charge >= 0.3 is 0 Å². The maximum Gasteiger partial charge on any atom is 0.285 e. The van der Waals surface area contributed by atoms with E-state index in [-0.39, 0.29) is 17.6 Å². The van der Waals surface area contributed by atoms with Gasteiger partial charge in [0.2, 0.25) is 0 Å². The molecule has 0 spiro atoms. The Morgan fingerprint density at radius 1 is 1.59 bits per heavy atom. The monoisotopic (exact) mass is 239 g/mol. The zero-order valence-electron chi connectivity index (χ0n) is 8.72. The van der Waals surface area contributed by atoms with Crippen LogP contribution in [-0.4, -0.2) is 22.9 Å². The first kappa shape index (κ1) is 11.5.